The van der Waals surface area contributed by atoms with Crippen molar-refractivity contribution in [1.82, 2.24) is 9.13 Å². The van der Waals surface area contributed by atoms with E-state index in [9.17, 15) is 28.2 Å². The van der Waals surface area contributed by atoms with Gasteiger partial charge in [-0.3, -0.25) is 18.7 Å². The minimum Gasteiger partial charge on any atom is -0.504 e. The second kappa shape index (κ2) is 7.16. The Morgan fingerprint density at radius 2 is 1.78 bits per heavy atom. The van der Waals surface area contributed by atoms with Gasteiger partial charge in [0.2, 0.25) is 0 Å². The zero-order chi connectivity index (χ0) is 20.5. The van der Waals surface area contributed by atoms with Gasteiger partial charge in [0, 0.05) is 37.0 Å². The molecule has 10 heteroatoms. The second-order valence-electron chi connectivity index (χ2n) is 5.56. The SMILES string of the molecule is C=Cc1c(NS(=O)(=O)c2cn(CC)c(=O)n(C)c2=O)cc(O)c(O)c1C=C. The van der Waals surface area contributed by atoms with Crippen LogP contribution in [0, 0.1) is 0 Å². The van der Waals surface area contributed by atoms with Crippen LogP contribution in [0.1, 0.15) is 18.1 Å². The van der Waals surface area contributed by atoms with Crippen LogP contribution in [0.25, 0.3) is 12.2 Å². The quantitative estimate of drug-likeness (QED) is 0.497. The normalized spacial score (nSPS) is 11.2. The molecular weight excluding hydrogens is 374 g/mol. The Hall–Kier alpha value is -3.27. The number of sulfonamides is 1. The Labute approximate surface area is 155 Å². The Bertz CT molecular complexity index is 1160. The van der Waals surface area contributed by atoms with E-state index in [1.807, 2.05) is 0 Å². The first-order chi connectivity index (χ1) is 12.6. The molecule has 2 rings (SSSR count). The Kier molecular flexibility index (Phi) is 5.31. The summed E-state index contributed by atoms with van der Waals surface area (Å²) < 4.78 is 29.5. The number of rotatable bonds is 6. The number of nitrogens with zero attached hydrogens (tertiary/aromatic N) is 2. The summed E-state index contributed by atoms with van der Waals surface area (Å²) in [7, 11) is -3.25. The molecule has 3 N–H and O–H groups in total. The molecule has 144 valence electrons. The van der Waals surface area contributed by atoms with E-state index in [0.29, 0.717) is 4.57 Å². The van der Waals surface area contributed by atoms with Crippen molar-refractivity contribution >= 4 is 27.9 Å². The molecule has 0 bridgehead atoms. The van der Waals surface area contributed by atoms with Gasteiger partial charge in [0.05, 0.1) is 5.69 Å². The lowest BCUT2D eigenvalue weighted by Gasteiger charge is -2.15. The zero-order valence-corrected chi connectivity index (χ0v) is 15.6. The average molecular weight is 393 g/mol. The van der Waals surface area contributed by atoms with Crippen molar-refractivity contribution in [2.45, 2.75) is 18.4 Å². The summed E-state index contributed by atoms with van der Waals surface area (Å²) in [5.74, 6) is -1.07. The van der Waals surface area contributed by atoms with Crippen molar-refractivity contribution < 1.29 is 18.6 Å². The van der Waals surface area contributed by atoms with Crippen LogP contribution in [0.3, 0.4) is 0 Å². The van der Waals surface area contributed by atoms with Crippen LogP contribution in [-0.2, 0) is 23.6 Å². The molecule has 27 heavy (non-hydrogen) atoms. The van der Waals surface area contributed by atoms with Gasteiger partial charge in [-0.25, -0.2) is 13.2 Å². The number of aryl methyl sites for hydroxylation is 1. The number of anilines is 1. The van der Waals surface area contributed by atoms with Crippen molar-refractivity contribution in [3.63, 3.8) is 0 Å². The molecule has 9 nitrogen and oxygen atoms in total. The summed E-state index contributed by atoms with van der Waals surface area (Å²) in [6.07, 6.45) is 3.44. The van der Waals surface area contributed by atoms with Gasteiger partial charge in [-0.1, -0.05) is 25.3 Å². The fourth-order valence-corrected chi connectivity index (χ4v) is 3.71. The highest BCUT2D eigenvalue weighted by Crippen LogP contribution is 2.38. The van der Waals surface area contributed by atoms with Gasteiger partial charge in [0.1, 0.15) is 0 Å². The van der Waals surface area contributed by atoms with Crippen molar-refractivity contribution in [2.24, 2.45) is 7.05 Å². The molecule has 0 aliphatic rings. The lowest BCUT2D eigenvalue weighted by molar-refractivity contribution is 0.403. The number of hydrogen-bond acceptors (Lipinski definition) is 6. The smallest absolute Gasteiger partial charge is 0.330 e. The fourth-order valence-electron chi connectivity index (χ4n) is 2.51. The Balaban J connectivity index is 2.72. The summed E-state index contributed by atoms with van der Waals surface area (Å²) in [6.45, 7) is 8.85. The third-order valence-electron chi connectivity index (χ3n) is 3.96. The molecule has 0 spiro atoms. The topological polar surface area (TPSA) is 131 Å². The van der Waals surface area contributed by atoms with Crippen molar-refractivity contribution in [1.29, 1.82) is 0 Å². The zero-order valence-electron chi connectivity index (χ0n) is 14.8. The first-order valence-corrected chi connectivity index (χ1v) is 9.24. The highest BCUT2D eigenvalue weighted by Gasteiger charge is 2.24. The number of phenolic OH excluding ortho intramolecular Hbond substituents is 2. The van der Waals surface area contributed by atoms with Crippen molar-refractivity contribution in [2.75, 3.05) is 4.72 Å². The maximum absolute atomic E-state index is 12.8. The molecule has 0 amide bonds. The molecule has 0 saturated heterocycles. The van der Waals surface area contributed by atoms with E-state index in [-0.39, 0.29) is 23.4 Å². The summed E-state index contributed by atoms with van der Waals surface area (Å²) in [5, 5.41) is 19.7. The molecule has 0 unspecified atom stereocenters. The summed E-state index contributed by atoms with van der Waals surface area (Å²) in [4.78, 5) is 23.6. The monoisotopic (exact) mass is 393 g/mol. The molecule has 1 aromatic heterocycles. The van der Waals surface area contributed by atoms with E-state index in [0.717, 1.165) is 16.8 Å². The van der Waals surface area contributed by atoms with Gasteiger partial charge in [-0.2, -0.15) is 0 Å². The average Bonchev–Trinajstić information content (AvgIpc) is 2.62. The molecule has 2 aromatic rings. The summed E-state index contributed by atoms with van der Waals surface area (Å²) in [5.41, 5.74) is -1.54. The number of aromatic hydroxyl groups is 2. The van der Waals surface area contributed by atoms with E-state index < -0.39 is 37.7 Å². The highest BCUT2D eigenvalue weighted by molar-refractivity contribution is 7.92. The first-order valence-electron chi connectivity index (χ1n) is 7.76. The Morgan fingerprint density at radius 1 is 1.19 bits per heavy atom. The number of phenols is 2. The third kappa shape index (κ3) is 3.38. The number of aromatic nitrogens is 2. The van der Waals surface area contributed by atoms with E-state index in [1.165, 1.54) is 19.2 Å². The predicted octanol–water partition coefficient (Wildman–Crippen LogP) is 1.06. The van der Waals surface area contributed by atoms with Crippen LogP contribution in [0.15, 0.2) is 39.9 Å². The lowest BCUT2D eigenvalue weighted by atomic mass is 10.0. The highest BCUT2D eigenvalue weighted by atomic mass is 32.2. The van der Waals surface area contributed by atoms with Gasteiger partial charge in [0.15, 0.2) is 16.4 Å². The largest absolute Gasteiger partial charge is 0.504 e. The van der Waals surface area contributed by atoms with Crippen LogP contribution >= 0.6 is 0 Å². The molecule has 1 aromatic carbocycles. The maximum Gasteiger partial charge on any atom is 0.330 e. The summed E-state index contributed by atoms with van der Waals surface area (Å²) in [6, 6.07) is 0.983. The van der Waals surface area contributed by atoms with Crippen molar-refractivity contribution in [3.8, 4) is 11.5 Å². The van der Waals surface area contributed by atoms with E-state index in [1.54, 1.807) is 6.92 Å². The van der Waals surface area contributed by atoms with Gasteiger partial charge < -0.3 is 10.2 Å². The molecule has 0 radical (unpaired) electrons. The Morgan fingerprint density at radius 3 is 2.30 bits per heavy atom. The predicted molar refractivity (Wildman–Crippen MR) is 102 cm³/mol. The van der Waals surface area contributed by atoms with Gasteiger partial charge in [-0.05, 0) is 6.92 Å². The first kappa shape index (κ1) is 20.0. The standard InChI is InChI=1S/C17H19N3O6S/c1-5-10-11(6-2)15(22)13(21)8-12(10)18-27(25,26)14-9-20(7-3)17(24)19(4)16(14)23/h5-6,8-9,18,21-22H,1-2,7H2,3-4H3. The maximum atomic E-state index is 12.8. The molecule has 0 aliphatic carbocycles. The lowest BCUT2D eigenvalue weighted by Crippen LogP contribution is -2.40. The van der Waals surface area contributed by atoms with E-state index >= 15 is 0 Å². The molecule has 1 heterocycles. The molecule has 0 atom stereocenters. The minimum atomic E-state index is -4.42. The second-order valence-corrected chi connectivity index (χ2v) is 7.21. The third-order valence-corrected chi connectivity index (χ3v) is 5.31. The summed E-state index contributed by atoms with van der Waals surface area (Å²) >= 11 is 0. The minimum absolute atomic E-state index is 0.0640. The van der Waals surface area contributed by atoms with E-state index in [4.69, 9.17) is 0 Å². The molecule has 0 aliphatic heterocycles. The van der Waals surface area contributed by atoms with Crippen LogP contribution in [-0.4, -0.2) is 27.8 Å². The fraction of sp³-hybridized carbons (Fsp3) is 0.176. The van der Waals surface area contributed by atoms with Gasteiger partial charge >= 0.3 is 5.69 Å². The molecule has 0 fully saturated rings. The van der Waals surface area contributed by atoms with Gasteiger partial charge in [-0.15, -0.1) is 0 Å². The van der Waals surface area contributed by atoms with Gasteiger partial charge in [0.25, 0.3) is 15.6 Å². The van der Waals surface area contributed by atoms with Crippen LogP contribution in [0.2, 0.25) is 0 Å². The van der Waals surface area contributed by atoms with Crippen LogP contribution < -0.4 is 16.0 Å². The van der Waals surface area contributed by atoms with Crippen molar-refractivity contribution in [3.05, 3.63) is 57.4 Å². The number of hydrogen-bond donors (Lipinski definition) is 3. The number of benzene rings is 1. The number of nitrogens with one attached hydrogen (secondary N) is 1. The molecular formula is C17H19N3O6S. The van der Waals surface area contributed by atoms with Crippen LogP contribution in [0.4, 0.5) is 5.69 Å². The van der Waals surface area contributed by atoms with Crippen LogP contribution in [0.5, 0.6) is 11.5 Å². The molecule has 0 saturated carbocycles. The van der Waals surface area contributed by atoms with E-state index in [2.05, 4.69) is 17.9 Å².